The van der Waals surface area contributed by atoms with E-state index in [1.807, 2.05) is 54.4 Å². The van der Waals surface area contributed by atoms with Crippen LogP contribution in [0, 0.1) is 0 Å². The number of hydrogen-bond donors (Lipinski definition) is 1. The monoisotopic (exact) mass is 278 g/mol. The second-order valence-electron chi connectivity index (χ2n) is 4.91. The molecular formula is C16H14N4O. The van der Waals surface area contributed by atoms with E-state index in [0.717, 1.165) is 27.8 Å². The van der Waals surface area contributed by atoms with Gasteiger partial charge in [0.15, 0.2) is 0 Å². The molecule has 0 aliphatic rings. The van der Waals surface area contributed by atoms with Crippen molar-refractivity contribution in [1.29, 1.82) is 0 Å². The van der Waals surface area contributed by atoms with Crippen LogP contribution in [0.1, 0.15) is 17.4 Å². The average molecular weight is 278 g/mol. The predicted molar refractivity (Wildman–Crippen MR) is 80.1 cm³/mol. The quantitative estimate of drug-likeness (QED) is 0.626. The lowest BCUT2D eigenvalue weighted by atomic mass is 10.1. The van der Waals surface area contributed by atoms with Gasteiger partial charge in [0.2, 0.25) is 0 Å². The third-order valence-corrected chi connectivity index (χ3v) is 3.68. The molecule has 0 spiro atoms. The van der Waals surface area contributed by atoms with E-state index in [4.69, 9.17) is 4.42 Å². The summed E-state index contributed by atoms with van der Waals surface area (Å²) in [4.78, 5) is 4.18. The highest BCUT2D eigenvalue weighted by atomic mass is 16.3. The first-order valence-electron chi connectivity index (χ1n) is 6.80. The van der Waals surface area contributed by atoms with Gasteiger partial charge in [-0.1, -0.05) is 18.2 Å². The molecule has 5 heteroatoms. The second kappa shape index (κ2) is 4.71. The molecule has 4 aromatic rings. The van der Waals surface area contributed by atoms with Gasteiger partial charge in [-0.15, -0.1) is 0 Å². The fourth-order valence-corrected chi connectivity index (χ4v) is 2.67. The average Bonchev–Trinajstić information content (AvgIpc) is 3.13. The fourth-order valence-electron chi connectivity index (χ4n) is 2.67. The molecule has 1 atom stereocenters. The minimum absolute atomic E-state index is 0.0564. The van der Waals surface area contributed by atoms with Crippen LogP contribution in [0.3, 0.4) is 0 Å². The molecule has 21 heavy (non-hydrogen) atoms. The van der Waals surface area contributed by atoms with Crippen LogP contribution in [0.4, 0.5) is 0 Å². The molecule has 1 unspecified atom stereocenters. The Bertz CT molecular complexity index is 876. The van der Waals surface area contributed by atoms with E-state index in [-0.39, 0.29) is 6.04 Å². The normalized spacial score (nSPS) is 13.0. The van der Waals surface area contributed by atoms with Gasteiger partial charge in [-0.3, -0.25) is 4.98 Å². The molecule has 3 aromatic heterocycles. The van der Waals surface area contributed by atoms with Gasteiger partial charge >= 0.3 is 0 Å². The maximum atomic E-state index is 5.97. The number of nitrogens with one attached hydrogen (secondary N) is 1. The molecule has 0 radical (unpaired) electrons. The highest BCUT2D eigenvalue weighted by Crippen LogP contribution is 2.29. The Morgan fingerprint density at radius 2 is 2.14 bits per heavy atom. The van der Waals surface area contributed by atoms with Crippen molar-refractivity contribution in [3.8, 4) is 0 Å². The second-order valence-corrected chi connectivity index (χ2v) is 4.91. The van der Waals surface area contributed by atoms with Crippen LogP contribution in [0.5, 0.6) is 0 Å². The van der Waals surface area contributed by atoms with E-state index in [1.165, 1.54) is 0 Å². The molecule has 1 N–H and O–H groups in total. The lowest BCUT2D eigenvalue weighted by molar-refractivity contribution is 0.493. The van der Waals surface area contributed by atoms with Crippen LogP contribution in [-0.2, 0) is 0 Å². The Hall–Kier alpha value is -2.66. The number of nitrogens with zero attached hydrogens (tertiary/aromatic N) is 3. The largest absolute Gasteiger partial charge is 0.459 e. The van der Waals surface area contributed by atoms with Crippen LogP contribution in [0.25, 0.3) is 16.5 Å². The number of hydrogen-bond acceptors (Lipinski definition) is 4. The zero-order chi connectivity index (χ0) is 14.2. The number of rotatable bonds is 3. The highest BCUT2D eigenvalue weighted by Gasteiger charge is 2.20. The lowest BCUT2D eigenvalue weighted by Crippen LogP contribution is -2.16. The Balaban J connectivity index is 1.87. The van der Waals surface area contributed by atoms with Crippen LogP contribution in [0.15, 0.2) is 59.5 Å². The molecule has 3 heterocycles. The minimum Gasteiger partial charge on any atom is -0.459 e. The van der Waals surface area contributed by atoms with Crippen molar-refractivity contribution < 1.29 is 4.42 Å². The Morgan fingerprint density at radius 1 is 1.24 bits per heavy atom. The zero-order valence-electron chi connectivity index (χ0n) is 11.5. The van der Waals surface area contributed by atoms with Crippen molar-refractivity contribution in [3.63, 3.8) is 0 Å². The molecule has 4 rings (SSSR count). The first-order chi connectivity index (χ1) is 10.4. The molecule has 0 saturated carbocycles. The Labute approximate surface area is 121 Å². The molecule has 1 aromatic carbocycles. The van der Waals surface area contributed by atoms with Crippen molar-refractivity contribution in [2.75, 3.05) is 7.05 Å². The number of fused-ring (bicyclic) bond motifs is 2. The lowest BCUT2D eigenvalue weighted by Gasteiger charge is -2.11. The van der Waals surface area contributed by atoms with Crippen LogP contribution < -0.4 is 5.32 Å². The van der Waals surface area contributed by atoms with E-state index < -0.39 is 0 Å². The maximum Gasteiger partial charge on any atom is 0.134 e. The van der Waals surface area contributed by atoms with E-state index >= 15 is 0 Å². The van der Waals surface area contributed by atoms with Gasteiger partial charge in [0, 0.05) is 23.3 Å². The first kappa shape index (κ1) is 12.1. The molecule has 0 fully saturated rings. The summed E-state index contributed by atoms with van der Waals surface area (Å²) in [5.74, 6) is 0.873. The van der Waals surface area contributed by atoms with Gasteiger partial charge < -0.3 is 9.73 Å². The summed E-state index contributed by atoms with van der Waals surface area (Å²) >= 11 is 0. The van der Waals surface area contributed by atoms with Gasteiger partial charge in [0.05, 0.1) is 24.0 Å². The van der Waals surface area contributed by atoms with Crippen LogP contribution in [-0.4, -0.2) is 21.6 Å². The van der Waals surface area contributed by atoms with Crippen molar-refractivity contribution in [1.82, 2.24) is 19.9 Å². The summed E-state index contributed by atoms with van der Waals surface area (Å²) < 4.78 is 7.79. The van der Waals surface area contributed by atoms with E-state index in [0.29, 0.717) is 0 Å². The molecule has 0 amide bonds. The number of furan rings is 1. The first-order valence-corrected chi connectivity index (χ1v) is 6.80. The van der Waals surface area contributed by atoms with Crippen molar-refractivity contribution >= 4 is 16.5 Å². The fraction of sp³-hybridized carbons (Fsp3) is 0.125. The molecule has 104 valence electrons. The third-order valence-electron chi connectivity index (χ3n) is 3.68. The zero-order valence-corrected chi connectivity index (χ0v) is 11.5. The van der Waals surface area contributed by atoms with Crippen molar-refractivity contribution in [2.24, 2.45) is 0 Å². The SMILES string of the molecule is CNC(c1cc2ccccc2o1)c1cnn2ccncc12. The minimum atomic E-state index is -0.0564. The Kier molecular flexibility index (Phi) is 2.72. The van der Waals surface area contributed by atoms with Gasteiger partial charge in [-0.2, -0.15) is 5.10 Å². The Morgan fingerprint density at radius 3 is 3.00 bits per heavy atom. The number of aromatic nitrogens is 3. The summed E-state index contributed by atoms with van der Waals surface area (Å²) in [6.45, 7) is 0. The van der Waals surface area contributed by atoms with Crippen LogP contribution >= 0.6 is 0 Å². The smallest absolute Gasteiger partial charge is 0.134 e. The molecule has 0 bridgehead atoms. The van der Waals surface area contributed by atoms with Crippen LogP contribution in [0.2, 0.25) is 0 Å². The van der Waals surface area contributed by atoms with Gasteiger partial charge in [-0.05, 0) is 19.2 Å². The van der Waals surface area contributed by atoms with Gasteiger partial charge in [0.1, 0.15) is 11.3 Å². The molecule has 5 nitrogen and oxygen atoms in total. The summed E-state index contributed by atoms with van der Waals surface area (Å²) in [7, 11) is 1.91. The van der Waals surface area contributed by atoms with Gasteiger partial charge in [0.25, 0.3) is 0 Å². The predicted octanol–water partition coefficient (Wildman–Crippen LogP) is 2.78. The highest BCUT2D eigenvalue weighted by molar-refractivity contribution is 5.78. The summed E-state index contributed by atoms with van der Waals surface area (Å²) in [6, 6.07) is 10.0. The number of benzene rings is 1. The maximum absolute atomic E-state index is 5.97. The topological polar surface area (TPSA) is 55.4 Å². The van der Waals surface area contributed by atoms with Crippen molar-refractivity contribution in [3.05, 3.63) is 66.4 Å². The van der Waals surface area contributed by atoms with E-state index in [1.54, 1.807) is 6.20 Å². The summed E-state index contributed by atoms with van der Waals surface area (Å²) in [6.07, 6.45) is 7.23. The van der Waals surface area contributed by atoms with Gasteiger partial charge in [-0.25, -0.2) is 4.52 Å². The summed E-state index contributed by atoms with van der Waals surface area (Å²) in [5, 5.41) is 8.76. The molecule has 0 aliphatic carbocycles. The van der Waals surface area contributed by atoms with Crippen molar-refractivity contribution in [2.45, 2.75) is 6.04 Å². The van der Waals surface area contributed by atoms with E-state index in [2.05, 4.69) is 21.5 Å². The number of para-hydroxylation sites is 1. The summed E-state index contributed by atoms with van der Waals surface area (Å²) in [5.41, 5.74) is 2.91. The van der Waals surface area contributed by atoms with E-state index in [9.17, 15) is 0 Å². The molecule has 0 saturated heterocycles. The molecular weight excluding hydrogens is 264 g/mol. The molecule has 0 aliphatic heterocycles. The standard InChI is InChI=1S/C16H14N4O/c1-17-16(12-9-19-20-7-6-18-10-13(12)20)15-8-11-4-2-3-5-14(11)21-15/h2-10,16-17H,1H3. The third kappa shape index (κ3) is 1.90.